The van der Waals surface area contributed by atoms with Gasteiger partial charge in [-0.1, -0.05) is 24.3 Å². The summed E-state index contributed by atoms with van der Waals surface area (Å²) >= 11 is 0. The van der Waals surface area contributed by atoms with Gasteiger partial charge in [-0.3, -0.25) is 0 Å². The highest BCUT2D eigenvalue weighted by Gasteiger charge is 2.21. The predicted molar refractivity (Wildman–Crippen MR) is 113 cm³/mol. The monoisotopic (exact) mass is 393 g/mol. The number of para-hydroxylation sites is 2. The fourth-order valence-corrected chi connectivity index (χ4v) is 3.71. The number of carbonyl (C=O) groups excluding carboxylic acids is 1. The van der Waals surface area contributed by atoms with E-state index in [0.717, 1.165) is 54.1 Å². The molecule has 1 aliphatic rings. The molecule has 1 fully saturated rings. The van der Waals surface area contributed by atoms with Gasteiger partial charge in [-0.25, -0.2) is 9.78 Å². The largest absolute Gasteiger partial charge is 0.497 e. The summed E-state index contributed by atoms with van der Waals surface area (Å²) in [6, 6.07) is 15.5. The third kappa shape index (κ3) is 4.86. The van der Waals surface area contributed by atoms with Gasteiger partial charge in [0.1, 0.15) is 11.6 Å². The van der Waals surface area contributed by atoms with E-state index >= 15 is 0 Å². The number of nitrogens with one attached hydrogen (secondary N) is 4. The number of H-pyrrole nitrogens is 1. The molecule has 2 atom stereocenters. The highest BCUT2D eigenvalue weighted by Crippen LogP contribution is 2.21. The number of imidazole rings is 1. The molecule has 0 spiro atoms. The fraction of sp³-hybridized carbons (Fsp3) is 0.364. The first-order chi connectivity index (χ1) is 14.2. The van der Waals surface area contributed by atoms with Crippen molar-refractivity contribution in [2.75, 3.05) is 20.2 Å². The Balaban J connectivity index is 1.52. The second-order valence-electron chi connectivity index (χ2n) is 7.41. The molecule has 7 heteroatoms. The van der Waals surface area contributed by atoms with E-state index in [1.165, 1.54) is 0 Å². The molecule has 4 rings (SSSR count). The lowest BCUT2D eigenvalue weighted by Gasteiger charge is -2.25. The Morgan fingerprint density at radius 1 is 1.24 bits per heavy atom. The lowest BCUT2D eigenvalue weighted by molar-refractivity contribution is 0.229. The zero-order valence-corrected chi connectivity index (χ0v) is 16.6. The van der Waals surface area contributed by atoms with E-state index in [0.29, 0.717) is 6.42 Å². The second kappa shape index (κ2) is 8.96. The van der Waals surface area contributed by atoms with Crippen molar-refractivity contribution in [1.29, 1.82) is 0 Å². The number of benzene rings is 2. The van der Waals surface area contributed by atoms with E-state index in [2.05, 4.69) is 20.9 Å². The minimum atomic E-state index is -0.271. The number of hydrogen-bond acceptors (Lipinski definition) is 4. The number of methoxy groups -OCH3 is 1. The molecule has 4 N–H and O–H groups in total. The molecule has 0 aliphatic carbocycles. The van der Waals surface area contributed by atoms with Crippen LogP contribution in [0.1, 0.15) is 30.3 Å². The van der Waals surface area contributed by atoms with Crippen molar-refractivity contribution >= 4 is 17.1 Å². The van der Waals surface area contributed by atoms with Gasteiger partial charge in [-0.05, 0) is 55.6 Å². The molecule has 29 heavy (non-hydrogen) atoms. The number of nitrogens with zero attached hydrogens (tertiary/aromatic N) is 1. The summed E-state index contributed by atoms with van der Waals surface area (Å²) < 4.78 is 5.24. The molecule has 3 aromatic rings. The molecule has 0 saturated carbocycles. The molecule has 2 heterocycles. The second-order valence-corrected chi connectivity index (χ2v) is 7.41. The molecule has 0 unspecified atom stereocenters. The molecular weight excluding hydrogens is 366 g/mol. The number of hydrogen-bond donors (Lipinski definition) is 4. The summed E-state index contributed by atoms with van der Waals surface area (Å²) in [5.41, 5.74) is 2.94. The molecule has 2 aromatic carbocycles. The van der Waals surface area contributed by atoms with Gasteiger partial charge >= 0.3 is 6.03 Å². The number of carbonyl (C=O) groups is 1. The third-order valence-electron chi connectivity index (χ3n) is 5.27. The topological polar surface area (TPSA) is 91.1 Å². The van der Waals surface area contributed by atoms with Crippen LogP contribution in [-0.4, -0.2) is 42.2 Å². The quantitative estimate of drug-likeness (QED) is 0.518. The fourth-order valence-electron chi connectivity index (χ4n) is 3.71. The van der Waals surface area contributed by atoms with Crippen LogP contribution in [0, 0.1) is 0 Å². The van der Waals surface area contributed by atoms with Crippen LogP contribution in [0.4, 0.5) is 4.79 Å². The first kappa shape index (κ1) is 19.3. The maximum absolute atomic E-state index is 12.7. The van der Waals surface area contributed by atoms with Crippen LogP contribution in [0.25, 0.3) is 11.0 Å². The highest BCUT2D eigenvalue weighted by molar-refractivity contribution is 5.76. The zero-order valence-electron chi connectivity index (χ0n) is 16.6. The highest BCUT2D eigenvalue weighted by atomic mass is 16.5. The smallest absolute Gasteiger partial charge is 0.315 e. The van der Waals surface area contributed by atoms with Gasteiger partial charge in [-0.15, -0.1) is 0 Å². The van der Waals surface area contributed by atoms with Crippen molar-refractivity contribution < 1.29 is 9.53 Å². The molecule has 0 radical (unpaired) electrons. The molecule has 1 saturated heterocycles. The molecule has 2 amide bonds. The number of piperidine rings is 1. The van der Waals surface area contributed by atoms with Crippen molar-refractivity contribution in [2.24, 2.45) is 0 Å². The van der Waals surface area contributed by atoms with Gasteiger partial charge in [0.15, 0.2) is 0 Å². The van der Waals surface area contributed by atoms with Crippen molar-refractivity contribution in [3.05, 3.63) is 59.9 Å². The van der Waals surface area contributed by atoms with Crippen molar-refractivity contribution in [3.8, 4) is 5.75 Å². The molecule has 1 aromatic heterocycles. The number of aromatic nitrogens is 2. The minimum Gasteiger partial charge on any atom is -0.497 e. The summed E-state index contributed by atoms with van der Waals surface area (Å²) in [6.07, 6.45) is 2.69. The van der Waals surface area contributed by atoms with Crippen LogP contribution >= 0.6 is 0 Å². The first-order valence-corrected chi connectivity index (χ1v) is 10.1. The van der Waals surface area contributed by atoms with E-state index in [-0.39, 0.29) is 18.1 Å². The average Bonchev–Trinajstić information content (AvgIpc) is 3.19. The maximum atomic E-state index is 12.7. The number of urea groups is 1. The summed E-state index contributed by atoms with van der Waals surface area (Å²) in [5, 5.41) is 9.52. The first-order valence-electron chi connectivity index (χ1n) is 10.1. The molecule has 152 valence electrons. The number of aromatic amines is 1. The van der Waals surface area contributed by atoms with Crippen LogP contribution in [0.3, 0.4) is 0 Å². The zero-order chi connectivity index (χ0) is 20.1. The Hall–Kier alpha value is -3.06. The summed E-state index contributed by atoms with van der Waals surface area (Å²) in [5.74, 6) is 1.56. The molecule has 0 bridgehead atoms. The molecule has 1 aliphatic heterocycles. The van der Waals surface area contributed by atoms with Crippen LogP contribution in [-0.2, 0) is 6.42 Å². The van der Waals surface area contributed by atoms with Gasteiger partial charge in [0.25, 0.3) is 0 Å². The molecule has 7 nitrogen and oxygen atoms in total. The normalized spacial score (nSPS) is 17.6. The predicted octanol–water partition coefficient (Wildman–Crippen LogP) is 2.91. The van der Waals surface area contributed by atoms with E-state index in [1.54, 1.807) is 7.11 Å². The van der Waals surface area contributed by atoms with Crippen LogP contribution < -0.4 is 20.7 Å². The molecular formula is C22H27N5O2. The summed E-state index contributed by atoms with van der Waals surface area (Å²) in [6.45, 7) is 1.82. The van der Waals surface area contributed by atoms with E-state index in [4.69, 9.17) is 9.72 Å². The number of rotatable bonds is 6. The van der Waals surface area contributed by atoms with Gasteiger partial charge in [0.05, 0.1) is 24.2 Å². The Labute approximate surface area is 170 Å². The SMILES string of the molecule is COc1ccc(C[C@@H](NC(=O)N[C@@H]2CCCNC2)c2nc3ccccc3[nH]2)cc1. The Morgan fingerprint density at radius 2 is 2.07 bits per heavy atom. The number of ether oxygens (including phenoxy) is 1. The van der Waals surface area contributed by atoms with Crippen molar-refractivity contribution in [2.45, 2.75) is 31.3 Å². The van der Waals surface area contributed by atoms with Crippen LogP contribution in [0.15, 0.2) is 48.5 Å². The van der Waals surface area contributed by atoms with Crippen molar-refractivity contribution in [3.63, 3.8) is 0 Å². The Morgan fingerprint density at radius 3 is 2.79 bits per heavy atom. The average molecular weight is 393 g/mol. The van der Waals surface area contributed by atoms with Gasteiger partial charge in [-0.2, -0.15) is 0 Å². The van der Waals surface area contributed by atoms with Gasteiger partial charge in [0, 0.05) is 12.6 Å². The van der Waals surface area contributed by atoms with Gasteiger partial charge in [0.2, 0.25) is 0 Å². The van der Waals surface area contributed by atoms with Crippen LogP contribution in [0.2, 0.25) is 0 Å². The van der Waals surface area contributed by atoms with E-state index in [9.17, 15) is 4.79 Å². The lowest BCUT2D eigenvalue weighted by Crippen LogP contribution is -2.50. The van der Waals surface area contributed by atoms with E-state index in [1.807, 2.05) is 48.5 Å². The minimum absolute atomic E-state index is 0.154. The Kier molecular flexibility index (Phi) is 5.95. The van der Waals surface area contributed by atoms with E-state index < -0.39 is 0 Å². The van der Waals surface area contributed by atoms with Crippen molar-refractivity contribution in [1.82, 2.24) is 25.9 Å². The summed E-state index contributed by atoms with van der Waals surface area (Å²) in [4.78, 5) is 20.8. The third-order valence-corrected chi connectivity index (χ3v) is 5.27. The maximum Gasteiger partial charge on any atom is 0.315 e. The standard InChI is InChI=1S/C22H27N5O2/c1-29-17-10-8-15(9-11-17)13-20(21-25-18-6-2-3-7-19(18)26-21)27-22(28)24-16-5-4-12-23-14-16/h2-3,6-11,16,20,23H,4-5,12-14H2,1H3,(H,25,26)(H2,24,27,28)/t16-,20-/m1/s1. The lowest BCUT2D eigenvalue weighted by atomic mass is 10.1. The number of amides is 2. The van der Waals surface area contributed by atoms with Gasteiger partial charge < -0.3 is 25.7 Å². The Bertz CT molecular complexity index is 914. The van der Waals surface area contributed by atoms with Crippen LogP contribution in [0.5, 0.6) is 5.75 Å². The number of fused-ring (bicyclic) bond motifs is 1. The summed E-state index contributed by atoms with van der Waals surface area (Å²) in [7, 11) is 1.65.